The molecular weight excluding hydrogens is 272 g/mol. The molecule has 6 heteroatoms. The number of fused-ring (bicyclic) bond motifs is 1. The minimum Gasteiger partial charge on any atom is -0.384 e. The predicted molar refractivity (Wildman–Crippen MR) is 79.1 cm³/mol. The third-order valence-corrected chi connectivity index (χ3v) is 4.29. The summed E-state index contributed by atoms with van der Waals surface area (Å²) in [7, 11) is 1.68. The minimum absolute atomic E-state index is 0.622. The highest BCUT2D eigenvalue weighted by Crippen LogP contribution is 2.27. The molecule has 20 heavy (non-hydrogen) atoms. The first-order valence-corrected chi connectivity index (χ1v) is 7.28. The number of hydrogen-bond acceptors (Lipinski definition) is 5. The lowest BCUT2D eigenvalue weighted by Crippen LogP contribution is -2.01. The van der Waals surface area contributed by atoms with Crippen LogP contribution in [0.2, 0.25) is 0 Å². The van der Waals surface area contributed by atoms with Gasteiger partial charge in [-0.15, -0.1) is 10.2 Å². The molecule has 3 aromatic rings. The van der Waals surface area contributed by atoms with Gasteiger partial charge in [0.1, 0.15) is 5.01 Å². The molecule has 0 saturated carbocycles. The number of methoxy groups -OCH3 is 1. The average molecular weight is 288 g/mol. The van der Waals surface area contributed by atoms with Gasteiger partial charge in [-0.2, -0.15) is 9.61 Å². The van der Waals surface area contributed by atoms with Crippen molar-refractivity contribution < 1.29 is 4.74 Å². The molecule has 104 valence electrons. The Kier molecular flexibility index (Phi) is 3.50. The van der Waals surface area contributed by atoms with Gasteiger partial charge in [0.2, 0.25) is 4.96 Å². The fourth-order valence-corrected chi connectivity index (χ4v) is 2.85. The molecule has 1 aromatic carbocycles. The van der Waals surface area contributed by atoms with E-state index in [0.717, 1.165) is 21.4 Å². The largest absolute Gasteiger partial charge is 0.384 e. The standard InChI is InChI=1S/C14H16N4OS/c1-9-4-5-11(8-10(9)2)13-17-18-12(6-7-19-3)15-16-14(18)20-13/h4-5,8H,6-7H2,1-3H3. The topological polar surface area (TPSA) is 52.3 Å². The van der Waals surface area contributed by atoms with E-state index in [9.17, 15) is 0 Å². The van der Waals surface area contributed by atoms with E-state index >= 15 is 0 Å². The SMILES string of the molecule is COCCc1nnc2sc(-c3ccc(C)c(C)c3)nn12. The summed E-state index contributed by atoms with van der Waals surface area (Å²) < 4.78 is 6.89. The molecule has 0 bridgehead atoms. The molecule has 0 N–H and O–H groups in total. The van der Waals surface area contributed by atoms with Crippen LogP contribution < -0.4 is 0 Å². The maximum atomic E-state index is 5.08. The van der Waals surface area contributed by atoms with Crippen LogP contribution in [-0.4, -0.2) is 33.5 Å². The maximum absolute atomic E-state index is 5.08. The van der Waals surface area contributed by atoms with Crippen LogP contribution in [0, 0.1) is 13.8 Å². The Morgan fingerprint density at radius 2 is 2.05 bits per heavy atom. The van der Waals surface area contributed by atoms with Gasteiger partial charge in [0.25, 0.3) is 0 Å². The van der Waals surface area contributed by atoms with Crippen LogP contribution >= 0.6 is 11.3 Å². The van der Waals surface area contributed by atoms with Crippen molar-refractivity contribution in [3.8, 4) is 10.6 Å². The quantitative estimate of drug-likeness (QED) is 0.740. The highest BCUT2D eigenvalue weighted by molar-refractivity contribution is 7.19. The molecule has 0 atom stereocenters. The highest BCUT2D eigenvalue weighted by atomic mass is 32.1. The Hall–Kier alpha value is -1.79. The molecule has 0 aliphatic carbocycles. The third kappa shape index (κ3) is 2.32. The summed E-state index contributed by atoms with van der Waals surface area (Å²) >= 11 is 1.56. The lowest BCUT2D eigenvalue weighted by Gasteiger charge is -2.01. The van der Waals surface area contributed by atoms with E-state index in [1.165, 1.54) is 11.1 Å². The summed E-state index contributed by atoms with van der Waals surface area (Å²) in [6, 6.07) is 6.39. The average Bonchev–Trinajstić information content (AvgIpc) is 3.00. The summed E-state index contributed by atoms with van der Waals surface area (Å²) in [6.07, 6.45) is 0.716. The molecule has 0 fully saturated rings. The Labute approximate surface area is 121 Å². The molecule has 3 rings (SSSR count). The summed E-state index contributed by atoms with van der Waals surface area (Å²) in [5.74, 6) is 0.841. The molecule has 0 aliphatic heterocycles. The number of hydrogen-bond donors (Lipinski definition) is 0. The van der Waals surface area contributed by atoms with Gasteiger partial charge >= 0.3 is 0 Å². The second-order valence-corrected chi connectivity index (χ2v) is 5.72. The van der Waals surface area contributed by atoms with Crippen molar-refractivity contribution >= 4 is 16.3 Å². The number of rotatable bonds is 4. The normalized spacial score (nSPS) is 11.3. The van der Waals surface area contributed by atoms with Crippen LogP contribution in [0.25, 0.3) is 15.5 Å². The molecule has 0 saturated heterocycles. The summed E-state index contributed by atoms with van der Waals surface area (Å²) in [5, 5.41) is 13.9. The van der Waals surface area contributed by atoms with Crippen molar-refractivity contribution in [3.63, 3.8) is 0 Å². The Bertz CT molecular complexity index is 747. The molecule has 0 radical (unpaired) electrons. The zero-order chi connectivity index (χ0) is 14.1. The molecule has 0 amide bonds. The van der Waals surface area contributed by atoms with Crippen molar-refractivity contribution in [2.75, 3.05) is 13.7 Å². The Balaban J connectivity index is 2.00. The Morgan fingerprint density at radius 1 is 1.20 bits per heavy atom. The lowest BCUT2D eigenvalue weighted by atomic mass is 10.1. The Morgan fingerprint density at radius 3 is 2.80 bits per heavy atom. The molecular formula is C14H16N4OS. The summed E-state index contributed by atoms with van der Waals surface area (Å²) in [5.41, 5.74) is 3.69. The van der Waals surface area contributed by atoms with E-state index < -0.39 is 0 Å². The summed E-state index contributed by atoms with van der Waals surface area (Å²) in [4.78, 5) is 0.823. The highest BCUT2D eigenvalue weighted by Gasteiger charge is 2.13. The van der Waals surface area contributed by atoms with Crippen molar-refractivity contribution in [2.24, 2.45) is 0 Å². The van der Waals surface area contributed by atoms with Crippen molar-refractivity contribution in [1.29, 1.82) is 0 Å². The smallest absolute Gasteiger partial charge is 0.234 e. The second kappa shape index (κ2) is 5.30. The number of nitrogens with zero attached hydrogens (tertiary/aromatic N) is 4. The van der Waals surface area contributed by atoms with E-state index in [-0.39, 0.29) is 0 Å². The van der Waals surface area contributed by atoms with Crippen LogP contribution in [0.1, 0.15) is 17.0 Å². The van der Waals surface area contributed by atoms with Gasteiger partial charge in [0.15, 0.2) is 5.82 Å². The number of aromatic nitrogens is 4. The van der Waals surface area contributed by atoms with E-state index in [0.29, 0.717) is 13.0 Å². The van der Waals surface area contributed by atoms with Gasteiger partial charge in [-0.25, -0.2) is 0 Å². The van der Waals surface area contributed by atoms with Gasteiger partial charge < -0.3 is 4.74 Å². The van der Waals surface area contributed by atoms with Crippen molar-refractivity contribution in [2.45, 2.75) is 20.3 Å². The van der Waals surface area contributed by atoms with E-state index in [1.807, 2.05) is 4.52 Å². The predicted octanol–water partition coefficient (Wildman–Crippen LogP) is 2.66. The summed E-state index contributed by atoms with van der Waals surface area (Å²) in [6.45, 7) is 4.85. The molecule has 0 unspecified atom stereocenters. The van der Waals surface area contributed by atoms with Crippen LogP contribution in [0.3, 0.4) is 0 Å². The van der Waals surface area contributed by atoms with Crippen LogP contribution in [0.4, 0.5) is 0 Å². The van der Waals surface area contributed by atoms with Crippen molar-refractivity contribution in [3.05, 3.63) is 35.2 Å². The molecule has 0 aliphatic rings. The molecule has 0 spiro atoms. The zero-order valence-electron chi connectivity index (χ0n) is 11.8. The van der Waals surface area contributed by atoms with Crippen LogP contribution in [0.5, 0.6) is 0 Å². The zero-order valence-corrected chi connectivity index (χ0v) is 12.6. The van der Waals surface area contributed by atoms with E-state index in [1.54, 1.807) is 18.4 Å². The van der Waals surface area contributed by atoms with Gasteiger partial charge in [0.05, 0.1) is 6.61 Å². The fourth-order valence-electron chi connectivity index (χ4n) is 2.00. The van der Waals surface area contributed by atoms with Crippen molar-refractivity contribution in [1.82, 2.24) is 19.8 Å². The number of aryl methyl sites for hydroxylation is 2. The van der Waals surface area contributed by atoms with Gasteiger partial charge in [-0.1, -0.05) is 23.5 Å². The van der Waals surface area contributed by atoms with Gasteiger partial charge in [-0.05, 0) is 31.0 Å². The molecule has 2 aromatic heterocycles. The first kappa shape index (κ1) is 13.2. The van der Waals surface area contributed by atoms with Gasteiger partial charge in [-0.3, -0.25) is 0 Å². The monoisotopic (exact) mass is 288 g/mol. The van der Waals surface area contributed by atoms with Gasteiger partial charge in [0, 0.05) is 19.1 Å². The maximum Gasteiger partial charge on any atom is 0.234 e. The number of benzene rings is 1. The van der Waals surface area contributed by atoms with E-state index in [4.69, 9.17) is 4.74 Å². The number of ether oxygens (including phenoxy) is 1. The fraction of sp³-hybridized carbons (Fsp3) is 0.357. The van der Waals surface area contributed by atoms with Crippen LogP contribution in [0.15, 0.2) is 18.2 Å². The first-order valence-electron chi connectivity index (χ1n) is 6.46. The minimum atomic E-state index is 0.622. The molecule has 2 heterocycles. The lowest BCUT2D eigenvalue weighted by molar-refractivity contribution is 0.200. The van der Waals surface area contributed by atoms with Crippen LogP contribution in [-0.2, 0) is 11.2 Å². The van der Waals surface area contributed by atoms with E-state index in [2.05, 4.69) is 47.3 Å². The third-order valence-electron chi connectivity index (χ3n) is 3.34. The first-order chi connectivity index (χ1) is 9.69. The molecule has 5 nitrogen and oxygen atoms in total. The second-order valence-electron chi connectivity index (χ2n) is 4.76.